The molecule has 0 aliphatic heterocycles. The third-order valence-electron chi connectivity index (χ3n) is 2.82. The van der Waals surface area contributed by atoms with Crippen LogP contribution in [0.1, 0.15) is 32.8 Å². The molecule has 0 bridgehead atoms. The highest BCUT2D eigenvalue weighted by Gasteiger charge is 2.15. The van der Waals surface area contributed by atoms with E-state index >= 15 is 0 Å². The van der Waals surface area contributed by atoms with E-state index in [1.54, 1.807) is 14.0 Å². The molecule has 0 saturated heterocycles. The predicted molar refractivity (Wildman–Crippen MR) is 74.9 cm³/mol. The summed E-state index contributed by atoms with van der Waals surface area (Å²) in [5.41, 5.74) is 0.561. The first-order chi connectivity index (χ1) is 9.43. The normalized spacial score (nSPS) is 12.8. The van der Waals surface area contributed by atoms with Crippen LogP contribution in [-0.2, 0) is 11.3 Å². The van der Waals surface area contributed by atoms with Crippen molar-refractivity contribution < 1.29 is 18.3 Å². The van der Waals surface area contributed by atoms with Crippen LogP contribution in [0.15, 0.2) is 12.1 Å². The van der Waals surface area contributed by atoms with Gasteiger partial charge in [-0.3, -0.25) is 0 Å². The molecule has 0 aliphatic rings. The Bertz CT molecular complexity index is 401. The second-order valence-corrected chi connectivity index (χ2v) is 5.13. The molecule has 1 aromatic carbocycles. The molecule has 0 amide bonds. The van der Waals surface area contributed by atoms with Crippen LogP contribution in [0.4, 0.5) is 8.78 Å². The molecule has 1 atom stereocenters. The maximum Gasteiger partial charge on any atom is 0.191 e. The van der Waals surface area contributed by atoms with E-state index in [-0.39, 0.29) is 17.9 Å². The molecule has 0 fully saturated rings. The van der Waals surface area contributed by atoms with Crippen molar-refractivity contribution in [2.45, 2.75) is 45.9 Å². The molecule has 0 radical (unpaired) electrons. The maximum absolute atomic E-state index is 13.9. The lowest BCUT2D eigenvalue weighted by Gasteiger charge is -2.16. The summed E-state index contributed by atoms with van der Waals surface area (Å²) in [6.07, 6.45) is 0.269. The monoisotopic (exact) mass is 287 g/mol. The van der Waals surface area contributed by atoms with Crippen LogP contribution in [0.2, 0.25) is 0 Å². The minimum Gasteiger partial charge on any atom is -0.485 e. The molecule has 0 saturated carbocycles. The molecule has 1 unspecified atom stereocenters. The molecule has 0 aliphatic carbocycles. The van der Waals surface area contributed by atoms with Gasteiger partial charge in [-0.05, 0) is 24.6 Å². The van der Waals surface area contributed by atoms with E-state index in [1.165, 1.54) is 12.1 Å². The number of nitrogens with one attached hydrogen (secondary N) is 1. The van der Waals surface area contributed by atoms with Gasteiger partial charge in [-0.1, -0.05) is 13.8 Å². The molecule has 1 N–H and O–H groups in total. The van der Waals surface area contributed by atoms with E-state index in [0.717, 1.165) is 0 Å². The summed E-state index contributed by atoms with van der Waals surface area (Å²) in [4.78, 5) is 0. The van der Waals surface area contributed by atoms with Gasteiger partial charge in [-0.15, -0.1) is 0 Å². The molecule has 0 spiro atoms. The molecular weight excluding hydrogens is 264 g/mol. The number of halogens is 2. The van der Waals surface area contributed by atoms with Crippen LogP contribution in [-0.4, -0.2) is 25.9 Å². The van der Waals surface area contributed by atoms with Crippen LogP contribution in [0.25, 0.3) is 0 Å². The second-order valence-electron chi connectivity index (χ2n) is 5.13. The van der Waals surface area contributed by atoms with Gasteiger partial charge < -0.3 is 14.8 Å². The van der Waals surface area contributed by atoms with Gasteiger partial charge in [0.25, 0.3) is 0 Å². The second kappa shape index (κ2) is 8.17. The van der Waals surface area contributed by atoms with Crippen molar-refractivity contribution in [3.05, 3.63) is 29.3 Å². The lowest BCUT2D eigenvalue weighted by atomic mass is 10.2. The number of hydrogen-bond acceptors (Lipinski definition) is 3. The van der Waals surface area contributed by atoms with Gasteiger partial charge in [-0.25, -0.2) is 8.78 Å². The molecule has 5 heteroatoms. The highest BCUT2D eigenvalue weighted by atomic mass is 19.1. The molecule has 114 valence electrons. The van der Waals surface area contributed by atoms with Crippen LogP contribution in [0.5, 0.6) is 5.75 Å². The molecule has 1 aromatic rings. The van der Waals surface area contributed by atoms with E-state index in [9.17, 15) is 8.78 Å². The van der Waals surface area contributed by atoms with Gasteiger partial charge in [0.2, 0.25) is 0 Å². The van der Waals surface area contributed by atoms with Gasteiger partial charge in [0.1, 0.15) is 0 Å². The first-order valence-corrected chi connectivity index (χ1v) is 6.81. The van der Waals surface area contributed by atoms with Gasteiger partial charge >= 0.3 is 0 Å². The first-order valence-electron chi connectivity index (χ1n) is 6.81. The van der Waals surface area contributed by atoms with Crippen molar-refractivity contribution in [3.8, 4) is 5.75 Å². The average Bonchev–Trinajstić information content (AvgIpc) is 2.38. The van der Waals surface area contributed by atoms with Crippen molar-refractivity contribution in [2.75, 3.05) is 13.7 Å². The summed E-state index contributed by atoms with van der Waals surface area (Å²) in [7, 11) is 1.57. The summed E-state index contributed by atoms with van der Waals surface area (Å²) >= 11 is 0. The molecule has 20 heavy (non-hydrogen) atoms. The fourth-order valence-corrected chi connectivity index (χ4v) is 1.69. The zero-order chi connectivity index (χ0) is 15.1. The highest BCUT2D eigenvalue weighted by molar-refractivity contribution is 5.31. The zero-order valence-electron chi connectivity index (χ0n) is 12.5. The molecule has 1 rings (SSSR count). The maximum atomic E-state index is 13.9. The average molecular weight is 287 g/mol. The van der Waals surface area contributed by atoms with E-state index in [4.69, 9.17) is 9.47 Å². The molecule has 0 aromatic heterocycles. The van der Waals surface area contributed by atoms with E-state index in [1.807, 2.05) is 13.8 Å². The minimum atomic E-state index is -0.671. The van der Waals surface area contributed by atoms with Crippen LogP contribution < -0.4 is 10.1 Å². The van der Waals surface area contributed by atoms with E-state index in [2.05, 4.69) is 5.32 Å². The molecule has 3 nitrogen and oxygen atoms in total. The summed E-state index contributed by atoms with van der Waals surface area (Å²) < 4.78 is 38.0. The lowest BCUT2D eigenvalue weighted by Crippen LogP contribution is -2.22. The number of rotatable bonds is 8. The Morgan fingerprint density at radius 3 is 2.25 bits per heavy atom. The lowest BCUT2D eigenvalue weighted by molar-refractivity contribution is 0.128. The van der Waals surface area contributed by atoms with Gasteiger partial charge in [-0.2, -0.15) is 0 Å². The molecular formula is C15H23F2NO2. The van der Waals surface area contributed by atoms with Crippen LogP contribution in [0, 0.1) is 11.6 Å². The number of hydrogen-bond donors (Lipinski definition) is 1. The van der Waals surface area contributed by atoms with Crippen molar-refractivity contribution >= 4 is 0 Å². The third kappa shape index (κ3) is 5.43. The Kier molecular flexibility index (Phi) is 6.88. The fourth-order valence-electron chi connectivity index (χ4n) is 1.69. The van der Waals surface area contributed by atoms with Gasteiger partial charge in [0.05, 0.1) is 6.10 Å². The Morgan fingerprint density at radius 1 is 1.15 bits per heavy atom. The zero-order valence-corrected chi connectivity index (χ0v) is 12.5. The van der Waals surface area contributed by atoms with Gasteiger partial charge in [0, 0.05) is 32.7 Å². The summed E-state index contributed by atoms with van der Waals surface area (Å²) in [5, 5.41) is 3.11. The van der Waals surface area contributed by atoms with Gasteiger partial charge in [0.15, 0.2) is 17.4 Å². The smallest absolute Gasteiger partial charge is 0.191 e. The SMILES string of the molecule is COCCC(C)Oc1c(F)cc(CNC(C)C)cc1F. The Balaban J connectivity index is 2.73. The Labute approximate surface area is 119 Å². The first kappa shape index (κ1) is 16.9. The number of ether oxygens (including phenoxy) is 2. The molecule has 0 heterocycles. The van der Waals surface area contributed by atoms with Crippen LogP contribution in [0.3, 0.4) is 0 Å². The largest absolute Gasteiger partial charge is 0.485 e. The fraction of sp³-hybridized carbons (Fsp3) is 0.600. The standard InChI is InChI=1S/C15H23F2NO2/c1-10(2)18-9-12-7-13(16)15(14(17)8-12)20-11(3)5-6-19-4/h7-8,10-11,18H,5-6,9H2,1-4H3. The van der Waals surface area contributed by atoms with E-state index < -0.39 is 11.6 Å². The van der Waals surface area contributed by atoms with Crippen molar-refractivity contribution in [1.82, 2.24) is 5.32 Å². The predicted octanol–water partition coefficient (Wildman–Crippen LogP) is 3.27. The summed E-state index contributed by atoms with van der Waals surface area (Å²) in [5.74, 6) is -1.66. The topological polar surface area (TPSA) is 30.5 Å². The number of methoxy groups -OCH3 is 1. The van der Waals surface area contributed by atoms with Crippen molar-refractivity contribution in [1.29, 1.82) is 0 Å². The Hall–Kier alpha value is -1.20. The number of benzene rings is 1. The van der Waals surface area contributed by atoms with E-state index in [0.29, 0.717) is 25.1 Å². The quantitative estimate of drug-likeness (QED) is 0.796. The van der Waals surface area contributed by atoms with Crippen LogP contribution >= 0.6 is 0 Å². The Morgan fingerprint density at radius 2 is 1.75 bits per heavy atom. The highest BCUT2D eigenvalue weighted by Crippen LogP contribution is 2.25. The van der Waals surface area contributed by atoms with Crippen molar-refractivity contribution in [3.63, 3.8) is 0 Å². The summed E-state index contributed by atoms with van der Waals surface area (Å²) in [6, 6.07) is 2.86. The minimum absolute atomic E-state index is 0.256. The third-order valence-corrected chi connectivity index (χ3v) is 2.82. The van der Waals surface area contributed by atoms with Crippen molar-refractivity contribution in [2.24, 2.45) is 0 Å². The summed E-state index contributed by atoms with van der Waals surface area (Å²) in [6.45, 7) is 6.61.